The SMILES string of the molecule is CC(CN1C[C@H]2N(C(=O)CN(C)N2C(=O)NCc2ccccc2)[C@@H](Cc2ccccc2)C1=O)c1ccccc1. The number of hydrazine groups is 1. The first kappa shape index (κ1) is 26.4. The lowest BCUT2D eigenvalue weighted by molar-refractivity contribution is -0.187. The average Bonchev–Trinajstić information content (AvgIpc) is 2.95. The maximum absolute atomic E-state index is 14.0. The van der Waals surface area contributed by atoms with Gasteiger partial charge in [0.2, 0.25) is 11.8 Å². The van der Waals surface area contributed by atoms with Gasteiger partial charge in [-0.05, 0) is 22.6 Å². The standard InChI is InChI=1S/C31H35N5O3/c1-23(26-16-10-5-11-17-26)20-34-21-28-35(27(30(34)38)18-24-12-6-3-7-13-24)29(37)22-33(2)36(28)31(39)32-19-25-14-8-4-9-15-25/h3-17,23,27-28H,18-22H2,1-2H3,(H,32,39)/t23?,27-,28-/m0/s1. The number of piperazine rings is 1. The van der Waals surface area contributed by atoms with Crippen molar-refractivity contribution in [3.63, 3.8) is 0 Å². The quantitative estimate of drug-likeness (QED) is 0.513. The Balaban J connectivity index is 1.44. The Morgan fingerprint density at radius 3 is 2.13 bits per heavy atom. The predicted octanol–water partition coefficient (Wildman–Crippen LogP) is 3.47. The highest BCUT2D eigenvalue weighted by Gasteiger charge is 2.50. The molecular weight excluding hydrogens is 490 g/mol. The number of nitrogens with zero attached hydrogens (tertiary/aromatic N) is 4. The molecule has 2 fully saturated rings. The number of likely N-dealkylation sites (N-methyl/N-ethyl adjacent to an activating group) is 1. The summed E-state index contributed by atoms with van der Waals surface area (Å²) in [7, 11) is 1.75. The minimum Gasteiger partial charge on any atom is -0.336 e. The van der Waals surface area contributed by atoms with E-state index in [1.807, 2.05) is 83.8 Å². The van der Waals surface area contributed by atoms with Crippen LogP contribution in [0, 0.1) is 0 Å². The maximum atomic E-state index is 14.0. The van der Waals surface area contributed by atoms with Crippen molar-refractivity contribution in [3.8, 4) is 0 Å². The van der Waals surface area contributed by atoms with E-state index in [4.69, 9.17) is 0 Å². The molecule has 8 nitrogen and oxygen atoms in total. The summed E-state index contributed by atoms with van der Waals surface area (Å²) in [5, 5.41) is 6.28. The first-order chi connectivity index (χ1) is 18.9. The van der Waals surface area contributed by atoms with Gasteiger partial charge in [-0.15, -0.1) is 0 Å². The van der Waals surface area contributed by atoms with E-state index in [0.29, 0.717) is 19.5 Å². The van der Waals surface area contributed by atoms with E-state index >= 15 is 0 Å². The van der Waals surface area contributed by atoms with Gasteiger partial charge in [0.15, 0.2) is 0 Å². The molecule has 1 unspecified atom stereocenters. The topological polar surface area (TPSA) is 76.2 Å². The van der Waals surface area contributed by atoms with Crippen molar-refractivity contribution in [1.29, 1.82) is 0 Å². The van der Waals surface area contributed by atoms with Crippen LogP contribution in [0.15, 0.2) is 91.0 Å². The number of fused-ring (bicyclic) bond motifs is 1. The van der Waals surface area contributed by atoms with Gasteiger partial charge in [0.1, 0.15) is 12.2 Å². The van der Waals surface area contributed by atoms with E-state index < -0.39 is 12.2 Å². The third kappa shape index (κ3) is 5.81. The number of benzene rings is 3. The van der Waals surface area contributed by atoms with Crippen molar-refractivity contribution < 1.29 is 14.4 Å². The van der Waals surface area contributed by atoms with Crippen LogP contribution in [-0.2, 0) is 22.6 Å². The molecule has 1 N–H and O–H groups in total. The minimum absolute atomic E-state index is 0.0221. The molecule has 2 aliphatic rings. The van der Waals surface area contributed by atoms with Gasteiger partial charge in [0.25, 0.3) is 0 Å². The predicted molar refractivity (Wildman–Crippen MR) is 149 cm³/mol. The molecule has 8 heteroatoms. The van der Waals surface area contributed by atoms with Crippen LogP contribution in [0.4, 0.5) is 4.79 Å². The second-order valence-corrected chi connectivity index (χ2v) is 10.3. The Labute approximate surface area is 229 Å². The van der Waals surface area contributed by atoms with Crippen molar-refractivity contribution in [2.24, 2.45) is 0 Å². The minimum atomic E-state index is -0.695. The Bertz CT molecular complexity index is 1290. The molecule has 3 aromatic rings. The second kappa shape index (κ2) is 11.7. The summed E-state index contributed by atoms with van der Waals surface area (Å²) in [4.78, 5) is 44.4. The second-order valence-electron chi connectivity index (χ2n) is 10.3. The fraction of sp³-hybridized carbons (Fsp3) is 0.323. The van der Waals surface area contributed by atoms with Crippen molar-refractivity contribution in [3.05, 3.63) is 108 Å². The Kier molecular flexibility index (Phi) is 7.93. The Morgan fingerprint density at radius 1 is 0.897 bits per heavy atom. The Hall–Kier alpha value is -4.17. The summed E-state index contributed by atoms with van der Waals surface area (Å²) in [6, 6.07) is 28.6. The van der Waals surface area contributed by atoms with Gasteiger partial charge in [0, 0.05) is 26.6 Å². The summed E-state index contributed by atoms with van der Waals surface area (Å²) >= 11 is 0. The van der Waals surface area contributed by atoms with Gasteiger partial charge in [-0.25, -0.2) is 14.8 Å². The van der Waals surface area contributed by atoms with Crippen LogP contribution in [0.2, 0.25) is 0 Å². The molecule has 0 radical (unpaired) electrons. The largest absolute Gasteiger partial charge is 0.336 e. The summed E-state index contributed by atoms with van der Waals surface area (Å²) in [6.45, 7) is 3.23. The molecule has 2 aliphatic heterocycles. The van der Waals surface area contributed by atoms with E-state index in [-0.39, 0.29) is 36.9 Å². The van der Waals surface area contributed by atoms with Crippen LogP contribution >= 0.6 is 0 Å². The van der Waals surface area contributed by atoms with Gasteiger partial charge >= 0.3 is 6.03 Å². The maximum Gasteiger partial charge on any atom is 0.334 e. The summed E-state index contributed by atoms with van der Waals surface area (Å²) in [5.41, 5.74) is 3.10. The number of hydrogen-bond donors (Lipinski definition) is 1. The van der Waals surface area contributed by atoms with Gasteiger partial charge in [-0.1, -0.05) is 97.9 Å². The van der Waals surface area contributed by atoms with Crippen molar-refractivity contribution in [2.75, 3.05) is 26.7 Å². The molecule has 0 saturated carbocycles. The summed E-state index contributed by atoms with van der Waals surface area (Å²) in [5.74, 6) is -0.142. The molecule has 0 aromatic heterocycles. The smallest absolute Gasteiger partial charge is 0.334 e. The molecule has 3 aromatic carbocycles. The molecule has 5 rings (SSSR count). The number of urea groups is 1. The monoisotopic (exact) mass is 525 g/mol. The van der Waals surface area contributed by atoms with Gasteiger partial charge in [0.05, 0.1) is 13.1 Å². The molecule has 39 heavy (non-hydrogen) atoms. The van der Waals surface area contributed by atoms with Crippen LogP contribution in [0.25, 0.3) is 0 Å². The first-order valence-electron chi connectivity index (χ1n) is 13.4. The lowest BCUT2D eigenvalue weighted by atomic mass is 9.96. The van der Waals surface area contributed by atoms with Crippen LogP contribution in [-0.4, -0.2) is 76.6 Å². The van der Waals surface area contributed by atoms with Crippen LogP contribution < -0.4 is 5.32 Å². The van der Waals surface area contributed by atoms with Gasteiger partial charge < -0.3 is 15.1 Å². The molecular formula is C31H35N5O3. The molecule has 3 atom stereocenters. The zero-order chi connectivity index (χ0) is 27.4. The van der Waals surface area contributed by atoms with Crippen LogP contribution in [0.5, 0.6) is 0 Å². The Morgan fingerprint density at radius 2 is 1.49 bits per heavy atom. The highest BCUT2D eigenvalue weighted by molar-refractivity contribution is 5.91. The number of rotatable bonds is 7. The molecule has 202 valence electrons. The lowest BCUT2D eigenvalue weighted by Gasteiger charge is -2.54. The number of nitrogens with one attached hydrogen (secondary N) is 1. The average molecular weight is 526 g/mol. The molecule has 4 amide bonds. The first-order valence-corrected chi connectivity index (χ1v) is 13.4. The molecule has 0 aliphatic carbocycles. The van der Waals surface area contributed by atoms with Gasteiger partial charge in [-0.2, -0.15) is 0 Å². The fourth-order valence-corrected chi connectivity index (χ4v) is 5.58. The van der Waals surface area contributed by atoms with Crippen LogP contribution in [0.1, 0.15) is 29.5 Å². The van der Waals surface area contributed by atoms with E-state index in [1.165, 1.54) is 0 Å². The molecule has 0 spiro atoms. The fourth-order valence-electron chi connectivity index (χ4n) is 5.58. The number of carbonyl (C=O) groups is 3. The zero-order valence-electron chi connectivity index (χ0n) is 22.4. The van der Waals surface area contributed by atoms with Crippen molar-refractivity contribution in [1.82, 2.24) is 25.1 Å². The number of amides is 4. The lowest BCUT2D eigenvalue weighted by Crippen LogP contribution is -2.76. The number of carbonyl (C=O) groups excluding carboxylic acids is 3. The molecule has 2 heterocycles. The zero-order valence-corrected chi connectivity index (χ0v) is 22.4. The molecule has 0 bridgehead atoms. The highest BCUT2D eigenvalue weighted by atomic mass is 16.2. The van der Waals surface area contributed by atoms with E-state index in [1.54, 1.807) is 22.0 Å². The normalized spacial score (nSPS) is 20.5. The molecule has 2 saturated heterocycles. The van der Waals surface area contributed by atoms with E-state index in [0.717, 1.165) is 16.7 Å². The van der Waals surface area contributed by atoms with Gasteiger partial charge in [-0.3, -0.25) is 9.59 Å². The summed E-state index contributed by atoms with van der Waals surface area (Å²) < 4.78 is 0. The summed E-state index contributed by atoms with van der Waals surface area (Å²) in [6.07, 6.45) is -0.220. The van der Waals surface area contributed by atoms with Crippen molar-refractivity contribution in [2.45, 2.75) is 38.0 Å². The highest BCUT2D eigenvalue weighted by Crippen LogP contribution is 2.29. The third-order valence-electron chi connectivity index (χ3n) is 7.57. The van der Waals surface area contributed by atoms with E-state index in [2.05, 4.69) is 24.4 Å². The third-order valence-corrected chi connectivity index (χ3v) is 7.57. The van der Waals surface area contributed by atoms with Crippen LogP contribution in [0.3, 0.4) is 0 Å². The van der Waals surface area contributed by atoms with Crippen molar-refractivity contribution >= 4 is 17.8 Å². The number of hydrogen-bond acceptors (Lipinski definition) is 4. The van der Waals surface area contributed by atoms with E-state index in [9.17, 15) is 14.4 Å².